The number of nitrogens with zero attached hydrogens (tertiary/aromatic N) is 2. The highest BCUT2D eigenvalue weighted by atomic mass is 19.4. The SMILES string of the molecule is CCNC(=NCc1ccnc(OCC(F)(F)F)c1)NCCOC. The van der Waals surface area contributed by atoms with E-state index in [0.717, 1.165) is 0 Å². The van der Waals surface area contributed by atoms with Crippen molar-refractivity contribution in [3.8, 4) is 5.88 Å². The molecule has 0 aliphatic heterocycles. The fourth-order valence-corrected chi connectivity index (χ4v) is 1.57. The average molecular weight is 334 g/mol. The monoisotopic (exact) mass is 334 g/mol. The summed E-state index contributed by atoms with van der Waals surface area (Å²) in [5.74, 6) is 0.520. The molecule has 0 saturated carbocycles. The Bertz CT molecular complexity index is 495. The molecule has 0 spiro atoms. The molecule has 23 heavy (non-hydrogen) atoms. The van der Waals surface area contributed by atoms with Crippen LogP contribution in [-0.4, -0.2) is 50.5 Å². The lowest BCUT2D eigenvalue weighted by atomic mass is 10.3. The molecular weight excluding hydrogens is 313 g/mol. The predicted molar refractivity (Wildman–Crippen MR) is 80.5 cm³/mol. The van der Waals surface area contributed by atoms with Crippen molar-refractivity contribution < 1.29 is 22.6 Å². The lowest BCUT2D eigenvalue weighted by Gasteiger charge is -2.11. The Balaban J connectivity index is 2.61. The number of pyridine rings is 1. The van der Waals surface area contributed by atoms with E-state index in [4.69, 9.17) is 4.74 Å². The molecule has 1 aromatic rings. The van der Waals surface area contributed by atoms with E-state index < -0.39 is 12.8 Å². The largest absolute Gasteiger partial charge is 0.468 e. The molecule has 0 aliphatic carbocycles. The number of methoxy groups -OCH3 is 1. The highest BCUT2D eigenvalue weighted by Gasteiger charge is 2.28. The van der Waals surface area contributed by atoms with Crippen molar-refractivity contribution in [2.75, 3.05) is 33.4 Å². The summed E-state index contributed by atoms with van der Waals surface area (Å²) in [5, 5.41) is 6.13. The van der Waals surface area contributed by atoms with Crippen LogP contribution in [0.4, 0.5) is 13.2 Å². The molecule has 1 heterocycles. The van der Waals surface area contributed by atoms with Crippen LogP contribution >= 0.6 is 0 Å². The quantitative estimate of drug-likeness (QED) is 0.430. The van der Waals surface area contributed by atoms with Gasteiger partial charge < -0.3 is 20.1 Å². The molecule has 0 atom stereocenters. The van der Waals surface area contributed by atoms with Crippen LogP contribution in [0, 0.1) is 0 Å². The fourth-order valence-electron chi connectivity index (χ4n) is 1.57. The molecule has 1 aromatic heterocycles. The highest BCUT2D eigenvalue weighted by molar-refractivity contribution is 5.79. The first-order valence-electron chi connectivity index (χ1n) is 7.10. The first-order chi connectivity index (χ1) is 10.9. The molecule has 0 aromatic carbocycles. The molecule has 0 saturated heterocycles. The number of ether oxygens (including phenoxy) is 2. The number of hydrogen-bond acceptors (Lipinski definition) is 4. The van der Waals surface area contributed by atoms with Gasteiger partial charge in [-0.1, -0.05) is 0 Å². The second-order valence-electron chi connectivity index (χ2n) is 4.52. The predicted octanol–water partition coefficient (Wildman–Crippen LogP) is 1.72. The first kappa shape index (κ1) is 19.0. The zero-order valence-corrected chi connectivity index (χ0v) is 13.1. The molecule has 0 aliphatic rings. The molecule has 0 amide bonds. The standard InChI is InChI=1S/C14H21F3N4O2/c1-3-18-13(20-6-7-22-2)21-9-11-4-5-19-12(8-11)23-10-14(15,16)17/h4-5,8H,3,6-7,9-10H2,1-2H3,(H2,18,20,21). The summed E-state index contributed by atoms with van der Waals surface area (Å²) in [6, 6.07) is 3.11. The Morgan fingerprint density at radius 3 is 2.78 bits per heavy atom. The Hall–Kier alpha value is -2.03. The van der Waals surface area contributed by atoms with Gasteiger partial charge in [-0.05, 0) is 18.6 Å². The second kappa shape index (κ2) is 9.88. The van der Waals surface area contributed by atoms with Crippen molar-refractivity contribution in [2.45, 2.75) is 19.6 Å². The van der Waals surface area contributed by atoms with E-state index in [0.29, 0.717) is 31.2 Å². The van der Waals surface area contributed by atoms with E-state index >= 15 is 0 Å². The average Bonchev–Trinajstić information content (AvgIpc) is 2.50. The Morgan fingerprint density at radius 1 is 1.35 bits per heavy atom. The number of rotatable bonds is 8. The molecular formula is C14H21F3N4O2. The maximum atomic E-state index is 12.1. The van der Waals surface area contributed by atoms with Crippen molar-refractivity contribution in [3.63, 3.8) is 0 Å². The van der Waals surface area contributed by atoms with Crippen LogP contribution in [0.3, 0.4) is 0 Å². The van der Waals surface area contributed by atoms with Gasteiger partial charge in [0.25, 0.3) is 0 Å². The van der Waals surface area contributed by atoms with Gasteiger partial charge in [0, 0.05) is 32.5 Å². The van der Waals surface area contributed by atoms with Crippen LogP contribution in [-0.2, 0) is 11.3 Å². The smallest absolute Gasteiger partial charge is 0.422 e. The Labute approximate surface area is 133 Å². The van der Waals surface area contributed by atoms with Gasteiger partial charge in [0.2, 0.25) is 5.88 Å². The number of hydrogen-bond donors (Lipinski definition) is 2. The number of alkyl halides is 3. The van der Waals surface area contributed by atoms with Crippen molar-refractivity contribution >= 4 is 5.96 Å². The maximum absolute atomic E-state index is 12.1. The topological polar surface area (TPSA) is 67.8 Å². The lowest BCUT2D eigenvalue weighted by Crippen LogP contribution is -2.38. The number of aromatic nitrogens is 1. The molecule has 2 N–H and O–H groups in total. The molecule has 0 radical (unpaired) electrons. The zero-order chi connectivity index (χ0) is 17.1. The summed E-state index contributed by atoms with van der Waals surface area (Å²) in [6.07, 6.45) is -3.00. The van der Waals surface area contributed by atoms with Crippen LogP contribution in [0.5, 0.6) is 5.88 Å². The summed E-state index contributed by atoms with van der Waals surface area (Å²) in [5.41, 5.74) is 0.695. The van der Waals surface area contributed by atoms with Crippen molar-refractivity contribution in [1.82, 2.24) is 15.6 Å². The van der Waals surface area contributed by atoms with Crippen LogP contribution in [0.2, 0.25) is 0 Å². The van der Waals surface area contributed by atoms with E-state index in [9.17, 15) is 13.2 Å². The van der Waals surface area contributed by atoms with E-state index in [1.807, 2.05) is 6.92 Å². The summed E-state index contributed by atoms with van der Waals surface area (Å²) >= 11 is 0. The fraction of sp³-hybridized carbons (Fsp3) is 0.571. The zero-order valence-electron chi connectivity index (χ0n) is 13.1. The summed E-state index contributed by atoms with van der Waals surface area (Å²) < 4.78 is 45.9. The van der Waals surface area contributed by atoms with Gasteiger partial charge in [-0.2, -0.15) is 13.2 Å². The third-order valence-corrected chi connectivity index (χ3v) is 2.55. The van der Waals surface area contributed by atoms with Crippen LogP contribution < -0.4 is 15.4 Å². The third-order valence-electron chi connectivity index (χ3n) is 2.55. The molecule has 9 heteroatoms. The van der Waals surface area contributed by atoms with Crippen molar-refractivity contribution in [2.24, 2.45) is 4.99 Å². The number of nitrogens with one attached hydrogen (secondary N) is 2. The van der Waals surface area contributed by atoms with Gasteiger partial charge in [-0.15, -0.1) is 0 Å². The number of aliphatic imine (C=N–C) groups is 1. The Morgan fingerprint density at radius 2 is 2.13 bits per heavy atom. The van der Waals surface area contributed by atoms with Gasteiger partial charge in [0.15, 0.2) is 12.6 Å². The van der Waals surface area contributed by atoms with E-state index in [2.05, 4.69) is 25.3 Å². The van der Waals surface area contributed by atoms with Crippen molar-refractivity contribution in [3.05, 3.63) is 23.9 Å². The van der Waals surface area contributed by atoms with Gasteiger partial charge in [0.05, 0.1) is 13.2 Å². The second-order valence-corrected chi connectivity index (χ2v) is 4.52. The van der Waals surface area contributed by atoms with Crippen LogP contribution in [0.15, 0.2) is 23.3 Å². The number of guanidine groups is 1. The van der Waals surface area contributed by atoms with E-state index in [1.54, 1.807) is 13.2 Å². The summed E-state index contributed by atoms with van der Waals surface area (Å²) in [4.78, 5) is 8.09. The van der Waals surface area contributed by atoms with Crippen LogP contribution in [0.25, 0.3) is 0 Å². The van der Waals surface area contributed by atoms with Crippen molar-refractivity contribution in [1.29, 1.82) is 0 Å². The third kappa shape index (κ3) is 8.87. The first-order valence-corrected chi connectivity index (χ1v) is 7.10. The molecule has 0 bridgehead atoms. The molecule has 0 fully saturated rings. The molecule has 0 unspecified atom stereocenters. The minimum Gasteiger partial charge on any atom is -0.468 e. The minimum atomic E-state index is -4.39. The van der Waals surface area contributed by atoms with E-state index in [-0.39, 0.29) is 12.4 Å². The number of halogens is 3. The van der Waals surface area contributed by atoms with Crippen LogP contribution in [0.1, 0.15) is 12.5 Å². The maximum Gasteiger partial charge on any atom is 0.422 e. The van der Waals surface area contributed by atoms with E-state index in [1.165, 1.54) is 12.3 Å². The van der Waals surface area contributed by atoms with Gasteiger partial charge in [-0.3, -0.25) is 0 Å². The Kier molecular flexibility index (Phi) is 8.17. The molecule has 1 rings (SSSR count). The van der Waals surface area contributed by atoms with Gasteiger partial charge in [0.1, 0.15) is 0 Å². The summed E-state index contributed by atoms with van der Waals surface area (Å²) in [6.45, 7) is 2.67. The van der Waals surface area contributed by atoms with Gasteiger partial charge >= 0.3 is 6.18 Å². The molecule has 130 valence electrons. The molecule has 6 nitrogen and oxygen atoms in total. The summed E-state index contributed by atoms with van der Waals surface area (Å²) in [7, 11) is 1.60. The highest BCUT2D eigenvalue weighted by Crippen LogP contribution is 2.17. The lowest BCUT2D eigenvalue weighted by molar-refractivity contribution is -0.154. The van der Waals surface area contributed by atoms with Gasteiger partial charge in [-0.25, -0.2) is 9.98 Å². The minimum absolute atomic E-state index is 0.0765. The normalized spacial score (nSPS) is 12.1.